The predicted octanol–water partition coefficient (Wildman–Crippen LogP) is 5.13. The van der Waals surface area contributed by atoms with Crippen molar-refractivity contribution in [2.24, 2.45) is 11.7 Å². The van der Waals surface area contributed by atoms with Crippen LogP contribution in [0.5, 0.6) is 11.5 Å². The molecule has 0 aliphatic heterocycles. The molecule has 2 amide bonds. The van der Waals surface area contributed by atoms with Gasteiger partial charge in [0.25, 0.3) is 5.91 Å². The number of methoxy groups -OCH3 is 1. The molecule has 0 saturated carbocycles. The fourth-order valence-electron chi connectivity index (χ4n) is 2.79. The van der Waals surface area contributed by atoms with Gasteiger partial charge in [0.05, 0.1) is 12.7 Å². The highest BCUT2D eigenvalue weighted by atomic mass is 79.9. The average Bonchev–Trinajstić information content (AvgIpc) is 2.76. The molecule has 0 bridgehead atoms. The van der Waals surface area contributed by atoms with E-state index < -0.39 is 5.91 Å². The van der Waals surface area contributed by atoms with Crippen LogP contribution < -0.4 is 20.5 Å². The quantitative estimate of drug-likeness (QED) is 0.368. The molecule has 0 fully saturated rings. The van der Waals surface area contributed by atoms with Crippen molar-refractivity contribution in [2.45, 2.75) is 34.3 Å². The number of amides is 2. The van der Waals surface area contributed by atoms with Gasteiger partial charge in [0.15, 0.2) is 0 Å². The highest BCUT2D eigenvalue weighted by Gasteiger charge is 2.15. The first-order valence-corrected chi connectivity index (χ1v) is 11.0. The summed E-state index contributed by atoms with van der Waals surface area (Å²) in [5.74, 6) is 0.606. The highest BCUT2D eigenvalue weighted by molar-refractivity contribution is 9.10. The second-order valence-electron chi connectivity index (χ2n) is 7.67. The number of hydrogen-bond acceptors (Lipinski definition) is 4. The fraction of sp³-hybridized carbons (Fsp3) is 0.280. The van der Waals surface area contributed by atoms with E-state index in [-0.39, 0.29) is 24.0 Å². The van der Waals surface area contributed by atoms with Gasteiger partial charge in [-0.2, -0.15) is 0 Å². The van der Waals surface area contributed by atoms with E-state index in [1.165, 1.54) is 0 Å². The molecule has 0 radical (unpaired) electrons. The first kappa shape index (κ1) is 25.2. The molecule has 0 spiro atoms. The van der Waals surface area contributed by atoms with Gasteiger partial charge in [0, 0.05) is 21.3 Å². The van der Waals surface area contributed by atoms with Crippen LogP contribution >= 0.6 is 15.9 Å². The van der Waals surface area contributed by atoms with E-state index in [9.17, 15) is 9.59 Å². The van der Waals surface area contributed by atoms with Crippen molar-refractivity contribution < 1.29 is 19.1 Å². The Morgan fingerprint density at radius 1 is 1.12 bits per heavy atom. The third-order valence-electron chi connectivity index (χ3n) is 5.00. The van der Waals surface area contributed by atoms with Gasteiger partial charge >= 0.3 is 0 Å². The standard InChI is InChI=1S/C25H29BrN2O4/c1-15(2)16(3)12-22(24(27)29)17(4)28-25(30)18-6-11-23(31-5)19(13-18)14-32-21-9-7-20(26)8-10-21/h6-13,15H,14H2,1-5H3,(H2,27,29)(H,28,30)/b16-12+,22-17-. The third-order valence-corrected chi connectivity index (χ3v) is 5.53. The van der Waals surface area contributed by atoms with Gasteiger partial charge in [-0.1, -0.05) is 35.4 Å². The lowest BCUT2D eigenvalue weighted by Gasteiger charge is -2.14. The SMILES string of the molecule is COc1ccc(C(=O)N/C(C)=C(/C=C(\C)C(C)C)C(N)=O)cc1COc1ccc(Br)cc1. The van der Waals surface area contributed by atoms with E-state index in [0.29, 0.717) is 22.8 Å². The Morgan fingerprint density at radius 3 is 2.34 bits per heavy atom. The zero-order valence-electron chi connectivity index (χ0n) is 19.0. The van der Waals surface area contributed by atoms with Crippen LogP contribution in [0.15, 0.2) is 69.9 Å². The minimum Gasteiger partial charge on any atom is -0.496 e. The van der Waals surface area contributed by atoms with E-state index in [1.807, 2.05) is 45.0 Å². The molecule has 7 heteroatoms. The Labute approximate surface area is 197 Å². The number of rotatable bonds is 9. The Balaban J connectivity index is 2.25. The summed E-state index contributed by atoms with van der Waals surface area (Å²) >= 11 is 3.39. The monoisotopic (exact) mass is 500 g/mol. The molecular weight excluding hydrogens is 472 g/mol. The van der Waals surface area contributed by atoms with E-state index in [4.69, 9.17) is 15.2 Å². The molecule has 0 heterocycles. The summed E-state index contributed by atoms with van der Waals surface area (Å²) in [6.45, 7) is 7.85. The van der Waals surface area contributed by atoms with Crippen LogP contribution in [0.1, 0.15) is 43.6 Å². The maximum absolute atomic E-state index is 12.9. The smallest absolute Gasteiger partial charge is 0.255 e. The van der Waals surface area contributed by atoms with Crippen LogP contribution in [0.4, 0.5) is 0 Å². The number of carbonyl (C=O) groups is 2. The van der Waals surface area contributed by atoms with Crippen LogP contribution in [0.2, 0.25) is 0 Å². The van der Waals surface area contributed by atoms with Gasteiger partial charge < -0.3 is 20.5 Å². The first-order chi connectivity index (χ1) is 15.1. The number of primary amides is 1. The predicted molar refractivity (Wildman–Crippen MR) is 129 cm³/mol. The molecule has 0 unspecified atom stereocenters. The summed E-state index contributed by atoms with van der Waals surface area (Å²) in [4.78, 5) is 24.8. The first-order valence-electron chi connectivity index (χ1n) is 10.2. The Morgan fingerprint density at radius 2 is 1.78 bits per heavy atom. The molecule has 3 N–H and O–H groups in total. The number of allylic oxidation sites excluding steroid dienone is 2. The van der Waals surface area contributed by atoms with Crippen molar-refractivity contribution in [3.8, 4) is 11.5 Å². The van der Waals surface area contributed by atoms with Crippen LogP contribution in [0.3, 0.4) is 0 Å². The van der Waals surface area contributed by atoms with E-state index in [1.54, 1.807) is 38.3 Å². The van der Waals surface area contributed by atoms with Crippen LogP contribution in [-0.4, -0.2) is 18.9 Å². The van der Waals surface area contributed by atoms with Crippen molar-refractivity contribution in [3.05, 3.63) is 81.0 Å². The van der Waals surface area contributed by atoms with Crippen LogP contribution in [0, 0.1) is 5.92 Å². The number of carbonyl (C=O) groups excluding carboxylic acids is 2. The van der Waals surface area contributed by atoms with Crippen molar-refractivity contribution in [1.82, 2.24) is 5.32 Å². The number of ether oxygens (including phenoxy) is 2. The van der Waals surface area contributed by atoms with Crippen molar-refractivity contribution in [3.63, 3.8) is 0 Å². The lowest BCUT2D eigenvalue weighted by atomic mass is 10.0. The Bertz CT molecular complexity index is 1040. The second-order valence-corrected chi connectivity index (χ2v) is 8.59. The minimum atomic E-state index is -0.596. The summed E-state index contributed by atoms with van der Waals surface area (Å²) in [6, 6.07) is 12.5. The fourth-order valence-corrected chi connectivity index (χ4v) is 3.06. The number of nitrogens with two attached hydrogens (primary N) is 1. The van der Waals surface area contributed by atoms with Gasteiger partial charge in [-0.15, -0.1) is 0 Å². The average molecular weight is 501 g/mol. The number of benzene rings is 2. The number of hydrogen-bond donors (Lipinski definition) is 2. The zero-order chi connectivity index (χ0) is 23.8. The van der Waals surface area contributed by atoms with Gasteiger partial charge in [-0.3, -0.25) is 9.59 Å². The summed E-state index contributed by atoms with van der Waals surface area (Å²) < 4.78 is 12.2. The Kier molecular flexibility index (Phi) is 9.08. The molecule has 6 nitrogen and oxygen atoms in total. The topological polar surface area (TPSA) is 90.6 Å². The number of halogens is 1. The van der Waals surface area contributed by atoms with Crippen LogP contribution in [-0.2, 0) is 11.4 Å². The van der Waals surface area contributed by atoms with Crippen molar-refractivity contribution in [2.75, 3.05) is 7.11 Å². The van der Waals surface area contributed by atoms with Crippen molar-refractivity contribution in [1.29, 1.82) is 0 Å². The highest BCUT2D eigenvalue weighted by Crippen LogP contribution is 2.23. The summed E-state index contributed by atoms with van der Waals surface area (Å²) in [6.07, 6.45) is 1.72. The minimum absolute atomic E-state index is 0.226. The van der Waals surface area contributed by atoms with Gasteiger partial charge in [0.1, 0.15) is 18.1 Å². The third kappa shape index (κ3) is 6.99. The molecule has 0 atom stereocenters. The largest absolute Gasteiger partial charge is 0.496 e. The molecular formula is C25H29BrN2O4. The van der Waals surface area contributed by atoms with E-state index >= 15 is 0 Å². The molecule has 32 heavy (non-hydrogen) atoms. The molecule has 2 aromatic carbocycles. The summed E-state index contributed by atoms with van der Waals surface area (Å²) in [7, 11) is 1.56. The second kappa shape index (κ2) is 11.5. The summed E-state index contributed by atoms with van der Waals surface area (Å²) in [5.41, 5.74) is 8.33. The number of nitrogens with one attached hydrogen (secondary N) is 1. The summed E-state index contributed by atoms with van der Waals surface area (Å²) in [5, 5.41) is 2.78. The molecule has 0 aromatic heterocycles. The molecule has 0 saturated heterocycles. The van der Waals surface area contributed by atoms with E-state index in [0.717, 1.165) is 15.6 Å². The van der Waals surface area contributed by atoms with Gasteiger partial charge in [0.2, 0.25) is 5.91 Å². The molecule has 170 valence electrons. The molecule has 2 rings (SSSR count). The van der Waals surface area contributed by atoms with E-state index in [2.05, 4.69) is 21.2 Å². The lowest BCUT2D eigenvalue weighted by molar-refractivity contribution is -0.114. The molecule has 0 aliphatic rings. The normalized spacial score (nSPS) is 12.3. The van der Waals surface area contributed by atoms with Gasteiger partial charge in [-0.05, 0) is 68.3 Å². The maximum atomic E-state index is 12.9. The molecule has 2 aromatic rings. The van der Waals surface area contributed by atoms with Crippen molar-refractivity contribution >= 4 is 27.7 Å². The zero-order valence-corrected chi connectivity index (χ0v) is 20.6. The van der Waals surface area contributed by atoms with Gasteiger partial charge in [-0.25, -0.2) is 0 Å². The maximum Gasteiger partial charge on any atom is 0.255 e. The lowest BCUT2D eigenvalue weighted by Crippen LogP contribution is -2.26. The molecule has 0 aliphatic carbocycles. The Hall–Kier alpha value is -3.06. The van der Waals surface area contributed by atoms with Crippen LogP contribution in [0.25, 0.3) is 0 Å².